The molecule has 0 atom stereocenters. The van der Waals surface area contributed by atoms with Gasteiger partial charge in [-0.15, -0.1) is 0 Å². The van der Waals surface area contributed by atoms with Gasteiger partial charge in [0, 0.05) is 19.6 Å². The summed E-state index contributed by atoms with van der Waals surface area (Å²) in [6.07, 6.45) is 26.0. The average Bonchev–Trinajstić information content (AvgIpc) is 2.94. The van der Waals surface area contributed by atoms with Gasteiger partial charge in [-0.3, -0.25) is 4.79 Å². The quantitative estimate of drug-likeness (QED) is 0.0581. The minimum absolute atomic E-state index is 0.111. The van der Waals surface area contributed by atoms with E-state index >= 15 is 0 Å². The van der Waals surface area contributed by atoms with E-state index in [1.807, 2.05) is 0 Å². The van der Waals surface area contributed by atoms with E-state index < -0.39 is 0 Å². The molecule has 0 saturated heterocycles. The molecule has 6 nitrogen and oxygen atoms in total. The van der Waals surface area contributed by atoms with Crippen molar-refractivity contribution in [2.75, 3.05) is 59.5 Å². The molecule has 0 aromatic rings. The van der Waals surface area contributed by atoms with Gasteiger partial charge in [0.1, 0.15) is 0 Å². The lowest BCUT2D eigenvalue weighted by Crippen LogP contribution is -2.12. The molecule has 234 valence electrons. The summed E-state index contributed by atoms with van der Waals surface area (Å²) in [6, 6.07) is 0. The summed E-state index contributed by atoms with van der Waals surface area (Å²) in [4.78, 5) is 11.8. The summed E-state index contributed by atoms with van der Waals surface area (Å²) in [6.45, 7) is 9.96. The molecule has 0 aromatic heterocycles. The van der Waals surface area contributed by atoms with Crippen molar-refractivity contribution in [2.24, 2.45) is 0 Å². The van der Waals surface area contributed by atoms with Crippen molar-refractivity contribution < 1.29 is 28.5 Å². The van der Waals surface area contributed by atoms with Crippen LogP contribution in [0.3, 0.4) is 0 Å². The van der Waals surface area contributed by atoms with E-state index in [1.54, 1.807) is 0 Å². The summed E-state index contributed by atoms with van der Waals surface area (Å²) in [7, 11) is 0. The Bertz CT molecular complexity index is 459. The number of hydrogen-bond donors (Lipinski definition) is 0. The van der Waals surface area contributed by atoms with Crippen molar-refractivity contribution in [1.82, 2.24) is 0 Å². The highest BCUT2D eigenvalue weighted by atomic mass is 16.6. The van der Waals surface area contributed by atoms with Crippen molar-refractivity contribution in [3.05, 3.63) is 0 Å². The van der Waals surface area contributed by atoms with E-state index in [9.17, 15) is 4.79 Å². The largest absolute Gasteiger partial charge is 0.466 e. The topological polar surface area (TPSA) is 63.2 Å². The van der Waals surface area contributed by atoms with Gasteiger partial charge < -0.3 is 23.7 Å². The first-order valence-corrected chi connectivity index (χ1v) is 16.8. The zero-order chi connectivity index (χ0) is 28.3. The fourth-order valence-electron chi connectivity index (χ4n) is 4.44. The Labute approximate surface area is 242 Å². The third kappa shape index (κ3) is 35.3. The fraction of sp³-hybridized carbons (Fsp3) is 0.970. The summed E-state index contributed by atoms with van der Waals surface area (Å²) in [5.74, 6) is -0.111. The van der Waals surface area contributed by atoms with Crippen LogP contribution in [0.1, 0.15) is 149 Å². The van der Waals surface area contributed by atoms with Gasteiger partial charge in [0.2, 0.25) is 0 Å². The molecule has 0 unspecified atom stereocenters. The maximum absolute atomic E-state index is 11.8. The molecule has 6 heteroatoms. The molecule has 39 heavy (non-hydrogen) atoms. The van der Waals surface area contributed by atoms with Gasteiger partial charge in [0.25, 0.3) is 0 Å². The van der Waals surface area contributed by atoms with Crippen LogP contribution in [0.4, 0.5) is 0 Å². The Kier molecular flexibility index (Phi) is 34.7. The van der Waals surface area contributed by atoms with E-state index in [2.05, 4.69) is 13.8 Å². The maximum Gasteiger partial charge on any atom is 0.305 e. The number of carbonyl (C=O) groups excluding carboxylic acids is 1. The first kappa shape index (κ1) is 38.3. The molecule has 0 spiro atoms. The highest BCUT2D eigenvalue weighted by Crippen LogP contribution is 2.11. The Morgan fingerprint density at radius 3 is 1.08 bits per heavy atom. The van der Waals surface area contributed by atoms with E-state index in [0.717, 1.165) is 25.9 Å². The van der Waals surface area contributed by atoms with Gasteiger partial charge in [0.05, 0.1) is 46.2 Å². The summed E-state index contributed by atoms with van der Waals surface area (Å²) >= 11 is 0. The second kappa shape index (κ2) is 35.3. The number of rotatable bonds is 34. The summed E-state index contributed by atoms with van der Waals surface area (Å²) in [5, 5.41) is 0. The second-order valence-corrected chi connectivity index (χ2v) is 10.8. The monoisotopic (exact) mass is 558 g/mol. The van der Waals surface area contributed by atoms with Crippen LogP contribution in [0.2, 0.25) is 0 Å². The molecule has 0 N–H and O–H groups in total. The highest BCUT2D eigenvalue weighted by Gasteiger charge is 2.03. The fourth-order valence-corrected chi connectivity index (χ4v) is 4.44. The Morgan fingerprint density at radius 1 is 0.359 bits per heavy atom. The number of unbranched alkanes of at least 4 members (excludes halogenated alkanes) is 17. The molecule has 0 amide bonds. The van der Waals surface area contributed by atoms with Gasteiger partial charge >= 0.3 is 5.97 Å². The zero-order valence-corrected chi connectivity index (χ0v) is 26.2. The zero-order valence-electron chi connectivity index (χ0n) is 26.2. The van der Waals surface area contributed by atoms with E-state index in [4.69, 9.17) is 23.7 Å². The van der Waals surface area contributed by atoms with E-state index in [1.165, 1.54) is 103 Å². The lowest BCUT2D eigenvalue weighted by Gasteiger charge is -2.08. The first-order chi connectivity index (χ1) is 19.3. The van der Waals surface area contributed by atoms with Gasteiger partial charge in [-0.1, -0.05) is 123 Å². The van der Waals surface area contributed by atoms with Crippen molar-refractivity contribution in [3.63, 3.8) is 0 Å². The Morgan fingerprint density at radius 2 is 0.667 bits per heavy atom. The molecule has 0 saturated carbocycles. The first-order valence-electron chi connectivity index (χ1n) is 16.8. The smallest absolute Gasteiger partial charge is 0.305 e. The van der Waals surface area contributed by atoms with Crippen LogP contribution in [0.5, 0.6) is 0 Å². The molecule has 0 radical (unpaired) electrons. The summed E-state index contributed by atoms with van der Waals surface area (Å²) in [5.41, 5.74) is 0. The lowest BCUT2D eigenvalue weighted by atomic mass is 10.1. The van der Waals surface area contributed by atoms with Crippen LogP contribution in [0, 0.1) is 0 Å². The molecule has 0 aromatic carbocycles. The normalized spacial score (nSPS) is 11.3. The minimum Gasteiger partial charge on any atom is -0.466 e. The third-order valence-corrected chi connectivity index (χ3v) is 6.94. The standard InChI is InChI=1S/C33H66O6/c1-3-5-7-9-11-13-15-17-19-21-26-39-33(34)23-22-25-36-28-30-38-32-31-37-29-27-35-24-20-18-16-14-12-10-8-6-4-2/h3-32H2,1-2H3. The van der Waals surface area contributed by atoms with E-state index in [-0.39, 0.29) is 5.97 Å². The lowest BCUT2D eigenvalue weighted by molar-refractivity contribution is -0.144. The van der Waals surface area contributed by atoms with Crippen LogP contribution in [0.25, 0.3) is 0 Å². The maximum atomic E-state index is 11.8. The van der Waals surface area contributed by atoms with Gasteiger partial charge in [0.15, 0.2) is 0 Å². The average molecular weight is 559 g/mol. The van der Waals surface area contributed by atoms with Gasteiger partial charge in [-0.05, 0) is 19.3 Å². The predicted molar refractivity (Wildman–Crippen MR) is 163 cm³/mol. The van der Waals surface area contributed by atoms with Gasteiger partial charge in [-0.2, -0.15) is 0 Å². The molecular formula is C33H66O6. The predicted octanol–water partition coefficient (Wildman–Crippen LogP) is 8.83. The molecule has 0 aliphatic carbocycles. The van der Waals surface area contributed by atoms with Crippen molar-refractivity contribution >= 4 is 5.97 Å². The number of carbonyl (C=O) groups is 1. The van der Waals surface area contributed by atoms with Crippen LogP contribution >= 0.6 is 0 Å². The molecule has 0 fully saturated rings. The molecular weight excluding hydrogens is 492 g/mol. The van der Waals surface area contributed by atoms with Crippen molar-refractivity contribution in [2.45, 2.75) is 149 Å². The minimum atomic E-state index is -0.111. The summed E-state index contributed by atoms with van der Waals surface area (Å²) < 4.78 is 27.5. The van der Waals surface area contributed by atoms with Gasteiger partial charge in [-0.25, -0.2) is 0 Å². The van der Waals surface area contributed by atoms with Crippen LogP contribution in [0.15, 0.2) is 0 Å². The SMILES string of the molecule is CCCCCCCCCCCCOC(=O)CCCOCCOCCOCCOCCCCCCCCCCC. The molecule has 0 bridgehead atoms. The molecule has 0 aliphatic rings. The number of esters is 1. The highest BCUT2D eigenvalue weighted by molar-refractivity contribution is 5.69. The molecule has 0 rings (SSSR count). The third-order valence-electron chi connectivity index (χ3n) is 6.94. The molecule has 0 aliphatic heterocycles. The molecule has 0 heterocycles. The van der Waals surface area contributed by atoms with Crippen LogP contribution < -0.4 is 0 Å². The second-order valence-electron chi connectivity index (χ2n) is 10.8. The van der Waals surface area contributed by atoms with E-state index in [0.29, 0.717) is 65.7 Å². The number of hydrogen-bond acceptors (Lipinski definition) is 6. The van der Waals surface area contributed by atoms with Crippen molar-refractivity contribution in [3.8, 4) is 0 Å². The van der Waals surface area contributed by atoms with Crippen LogP contribution in [-0.2, 0) is 28.5 Å². The van der Waals surface area contributed by atoms with Crippen LogP contribution in [-0.4, -0.2) is 65.4 Å². The van der Waals surface area contributed by atoms with Crippen molar-refractivity contribution in [1.29, 1.82) is 0 Å². The Balaban J connectivity index is 3.12. The number of ether oxygens (including phenoxy) is 5. The Hall–Kier alpha value is -0.690.